The summed E-state index contributed by atoms with van der Waals surface area (Å²) in [6.45, 7) is 0.483. The van der Waals surface area contributed by atoms with Crippen LogP contribution in [0, 0.1) is 0 Å². The Morgan fingerprint density at radius 3 is 3.00 bits per heavy atom. The molecule has 1 aliphatic heterocycles. The Kier molecular flexibility index (Phi) is 3.02. The van der Waals surface area contributed by atoms with E-state index in [1.54, 1.807) is 18.2 Å². The Balaban J connectivity index is 1.70. The average molecular weight is 269 g/mol. The number of amides is 2. The number of nitrogens with one attached hydrogen (secondary N) is 2. The minimum Gasteiger partial charge on any atom is -0.353 e. The quantitative estimate of drug-likeness (QED) is 0.886. The van der Waals surface area contributed by atoms with Crippen molar-refractivity contribution in [1.82, 2.24) is 9.88 Å². The number of carbonyl (C=O) groups is 2. The monoisotopic (exact) mass is 269 g/mol. The number of fused-ring (bicyclic) bond motifs is 1. The maximum atomic E-state index is 12.1. The van der Waals surface area contributed by atoms with Gasteiger partial charge in [-0.2, -0.15) is 0 Å². The first-order chi connectivity index (χ1) is 9.63. The lowest BCUT2D eigenvalue weighted by molar-refractivity contribution is -0.115. The SMILES string of the molecule is Cn1cccc1CNC(=O)c1ccc2c(c1)CC(=O)N2. The number of carbonyl (C=O) groups excluding carboxylic acids is 2. The molecule has 5 heteroatoms. The molecule has 0 unspecified atom stereocenters. The smallest absolute Gasteiger partial charge is 0.251 e. The van der Waals surface area contributed by atoms with E-state index in [0.29, 0.717) is 18.5 Å². The fourth-order valence-electron chi connectivity index (χ4n) is 2.32. The molecule has 0 fully saturated rings. The first-order valence-electron chi connectivity index (χ1n) is 6.44. The number of benzene rings is 1. The van der Waals surface area contributed by atoms with Gasteiger partial charge in [-0.1, -0.05) is 0 Å². The molecule has 0 aliphatic carbocycles. The summed E-state index contributed by atoms with van der Waals surface area (Å²) >= 11 is 0. The summed E-state index contributed by atoms with van der Waals surface area (Å²) in [6, 6.07) is 9.18. The van der Waals surface area contributed by atoms with Gasteiger partial charge in [-0.15, -0.1) is 0 Å². The van der Waals surface area contributed by atoms with Crippen molar-refractivity contribution in [3.63, 3.8) is 0 Å². The van der Waals surface area contributed by atoms with Crippen molar-refractivity contribution in [3.8, 4) is 0 Å². The number of nitrogens with zero attached hydrogens (tertiary/aromatic N) is 1. The van der Waals surface area contributed by atoms with Crippen molar-refractivity contribution in [2.24, 2.45) is 7.05 Å². The van der Waals surface area contributed by atoms with E-state index in [1.165, 1.54) is 0 Å². The maximum absolute atomic E-state index is 12.1. The molecule has 1 aromatic carbocycles. The molecule has 0 radical (unpaired) electrons. The number of hydrogen-bond acceptors (Lipinski definition) is 2. The normalized spacial score (nSPS) is 12.9. The van der Waals surface area contributed by atoms with E-state index in [1.807, 2.05) is 29.9 Å². The van der Waals surface area contributed by atoms with Crippen LogP contribution in [0.5, 0.6) is 0 Å². The van der Waals surface area contributed by atoms with Crippen LogP contribution in [0.1, 0.15) is 21.6 Å². The second kappa shape index (κ2) is 4.85. The van der Waals surface area contributed by atoms with Crippen molar-refractivity contribution in [1.29, 1.82) is 0 Å². The van der Waals surface area contributed by atoms with Crippen LogP contribution in [0.4, 0.5) is 5.69 Å². The van der Waals surface area contributed by atoms with Gasteiger partial charge in [0, 0.05) is 30.2 Å². The molecular weight excluding hydrogens is 254 g/mol. The fraction of sp³-hybridized carbons (Fsp3) is 0.200. The summed E-state index contributed by atoms with van der Waals surface area (Å²) < 4.78 is 1.96. The van der Waals surface area contributed by atoms with E-state index in [-0.39, 0.29) is 11.8 Å². The zero-order valence-corrected chi connectivity index (χ0v) is 11.1. The van der Waals surface area contributed by atoms with E-state index in [9.17, 15) is 9.59 Å². The highest BCUT2D eigenvalue weighted by atomic mass is 16.2. The van der Waals surface area contributed by atoms with Crippen molar-refractivity contribution < 1.29 is 9.59 Å². The largest absolute Gasteiger partial charge is 0.353 e. The molecule has 0 spiro atoms. The zero-order chi connectivity index (χ0) is 14.1. The molecule has 1 aromatic heterocycles. The molecule has 102 valence electrons. The lowest BCUT2D eigenvalue weighted by Gasteiger charge is -2.07. The van der Waals surface area contributed by atoms with Gasteiger partial charge in [0.15, 0.2) is 0 Å². The second-order valence-corrected chi connectivity index (χ2v) is 4.89. The Bertz CT molecular complexity index is 688. The molecule has 2 aromatic rings. The summed E-state index contributed by atoms with van der Waals surface area (Å²) in [4.78, 5) is 23.4. The van der Waals surface area contributed by atoms with Crippen molar-refractivity contribution in [3.05, 3.63) is 53.3 Å². The van der Waals surface area contributed by atoms with Gasteiger partial charge in [0.2, 0.25) is 5.91 Å². The highest BCUT2D eigenvalue weighted by Crippen LogP contribution is 2.23. The molecular formula is C15H15N3O2. The number of rotatable bonds is 3. The van der Waals surface area contributed by atoms with E-state index >= 15 is 0 Å². The Labute approximate surface area is 116 Å². The zero-order valence-electron chi connectivity index (χ0n) is 11.1. The van der Waals surface area contributed by atoms with Gasteiger partial charge in [0.25, 0.3) is 5.91 Å². The molecule has 5 nitrogen and oxygen atoms in total. The van der Waals surface area contributed by atoms with Gasteiger partial charge in [-0.25, -0.2) is 0 Å². The fourth-order valence-corrected chi connectivity index (χ4v) is 2.32. The average Bonchev–Trinajstić information content (AvgIpc) is 2.99. The topological polar surface area (TPSA) is 63.1 Å². The molecule has 1 aliphatic rings. The number of anilines is 1. The molecule has 20 heavy (non-hydrogen) atoms. The van der Waals surface area contributed by atoms with Gasteiger partial charge >= 0.3 is 0 Å². The maximum Gasteiger partial charge on any atom is 0.251 e. The van der Waals surface area contributed by atoms with Gasteiger partial charge in [0.1, 0.15) is 0 Å². The van der Waals surface area contributed by atoms with Crippen LogP contribution in [-0.2, 0) is 24.8 Å². The van der Waals surface area contributed by atoms with Crippen LogP contribution in [-0.4, -0.2) is 16.4 Å². The summed E-state index contributed by atoms with van der Waals surface area (Å²) in [5.41, 5.74) is 3.29. The highest BCUT2D eigenvalue weighted by molar-refractivity contribution is 6.01. The summed E-state index contributed by atoms with van der Waals surface area (Å²) in [6.07, 6.45) is 2.28. The van der Waals surface area contributed by atoms with Gasteiger partial charge in [-0.05, 0) is 35.9 Å². The molecule has 0 saturated heterocycles. The van der Waals surface area contributed by atoms with E-state index < -0.39 is 0 Å². The number of aryl methyl sites for hydroxylation is 1. The molecule has 2 heterocycles. The van der Waals surface area contributed by atoms with Crippen LogP contribution >= 0.6 is 0 Å². The molecule has 0 saturated carbocycles. The van der Waals surface area contributed by atoms with Crippen molar-refractivity contribution >= 4 is 17.5 Å². The van der Waals surface area contributed by atoms with Crippen LogP contribution in [0.25, 0.3) is 0 Å². The number of aromatic nitrogens is 1. The molecule has 0 bridgehead atoms. The third-order valence-corrected chi connectivity index (χ3v) is 3.47. The molecule has 3 rings (SSSR count). The summed E-state index contributed by atoms with van der Waals surface area (Å²) in [7, 11) is 1.94. The molecule has 2 N–H and O–H groups in total. The van der Waals surface area contributed by atoms with E-state index in [0.717, 1.165) is 16.9 Å². The lowest BCUT2D eigenvalue weighted by Crippen LogP contribution is -2.23. The first-order valence-corrected chi connectivity index (χ1v) is 6.44. The summed E-state index contributed by atoms with van der Waals surface area (Å²) in [5.74, 6) is -0.158. The summed E-state index contributed by atoms with van der Waals surface area (Å²) in [5, 5.41) is 5.63. The van der Waals surface area contributed by atoms with Crippen LogP contribution in [0.15, 0.2) is 36.5 Å². The Morgan fingerprint density at radius 2 is 2.25 bits per heavy atom. The van der Waals surface area contributed by atoms with Gasteiger partial charge < -0.3 is 15.2 Å². The van der Waals surface area contributed by atoms with E-state index in [4.69, 9.17) is 0 Å². The van der Waals surface area contributed by atoms with Crippen LogP contribution in [0.2, 0.25) is 0 Å². The molecule has 2 amide bonds. The first kappa shape index (κ1) is 12.5. The van der Waals surface area contributed by atoms with Crippen molar-refractivity contribution in [2.45, 2.75) is 13.0 Å². The highest BCUT2D eigenvalue weighted by Gasteiger charge is 2.19. The predicted octanol–water partition coefficient (Wildman–Crippen LogP) is 1.45. The minimum absolute atomic E-state index is 0.0265. The van der Waals surface area contributed by atoms with Crippen LogP contribution in [0.3, 0.4) is 0 Å². The lowest BCUT2D eigenvalue weighted by atomic mass is 10.1. The van der Waals surface area contributed by atoms with Crippen LogP contribution < -0.4 is 10.6 Å². The predicted molar refractivity (Wildman–Crippen MR) is 75.4 cm³/mol. The third-order valence-electron chi connectivity index (χ3n) is 3.47. The Hall–Kier alpha value is -2.56. The minimum atomic E-state index is -0.131. The van der Waals surface area contributed by atoms with Crippen molar-refractivity contribution in [2.75, 3.05) is 5.32 Å². The Morgan fingerprint density at radius 1 is 1.40 bits per heavy atom. The van der Waals surface area contributed by atoms with Gasteiger partial charge in [0.05, 0.1) is 13.0 Å². The number of hydrogen-bond donors (Lipinski definition) is 2. The van der Waals surface area contributed by atoms with E-state index in [2.05, 4.69) is 10.6 Å². The second-order valence-electron chi connectivity index (χ2n) is 4.89. The van der Waals surface area contributed by atoms with Gasteiger partial charge in [-0.3, -0.25) is 9.59 Å². The third kappa shape index (κ3) is 2.30. The molecule has 0 atom stereocenters. The standard InChI is InChI=1S/C15H15N3O2/c1-18-6-2-3-12(18)9-16-15(20)10-4-5-13-11(7-10)8-14(19)17-13/h2-7H,8-9H2,1H3,(H,16,20)(H,17,19).